The van der Waals surface area contributed by atoms with Crippen molar-refractivity contribution in [1.29, 1.82) is 0 Å². The number of esters is 1. The van der Waals surface area contributed by atoms with Gasteiger partial charge in [0.2, 0.25) is 5.91 Å². The summed E-state index contributed by atoms with van der Waals surface area (Å²) in [5, 5.41) is 6.40. The highest BCUT2D eigenvalue weighted by atomic mass is 16.6. The van der Waals surface area contributed by atoms with Gasteiger partial charge in [0.1, 0.15) is 17.7 Å². The van der Waals surface area contributed by atoms with Crippen LogP contribution in [0.15, 0.2) is 30.5 Å². The van der Waals surface area contributed by atoms with Crippen molar-refractivity contribution < 1.29 is 23.9 Å². The van der Waals surface area contributed by atoms with Crippen molar-refractivity contribution >= 4 is 28.9 Å². The third-order valence-corrected chi connectivity index (χ3v) is 4.91. The molecule has 0 aliphatic heterocycles. The van der Waals surface area contributed by atoms with Crippen LogP contribution in [0.2, 0.25) is 0 Å². The SMILES string of the molecule is CCOC(=O)[C@@H](Cc1cn(C)c2ccccc12)NC(=O)[C@@H](NC(=O)OC(C)(C)C)C(C)C. The zero-order chi connectivity index (χ0) is 24.1. The van der Waals surface area contributed by atoms with Crippen molar-refractivity contribution in [2.24, 2.45) is 13.0 Å². The van der Waals surface area contributed by atoms with Gasteiger partial charge in [0.05, 0.1) is 6.61 Å². The number of nitrogens with one attached hydrogen (secondary N) is 2. The van der Waals surface area contributed by atoms with Crippen LogP contribution < -0.4 is 10.6 Å². The molecule has 0 spiro atoms. The van der Waals surface area contributed by atoms with Crippen LogP contribution in [-0.4, -0.2) is 46.8 Å². The van der Waals surface area contributed by atoms with E-state index in [2.05, 4.69) is 10.6 Å². The minimum Gasteiger partial charge on any atom is -0.464 e. The van der Waals surface area contributed by atoms with Gasteiger partial charge in [0.25, 0.3) is 0 Å². The monoisotopic (exact) mass is 445 g/mol. The summed E-state index contributed by atoms with van der Waals surface area (Å²) < 4.78 is 12.5. The molecule has 2 N–H and O–H groups in total. The summed E-state index contributed by atoms with van der Waals surface area (Å²) in [6, 6.07) is 6.10. The van der Waals surface area contributed by atoms with E-state index in [9.17, 15) is 14.4 Å². The number of hydrogen-bond acceptors (Lipinski definition) is 5. The average molecular weight is 446 g/mol. The highest BCUT2D eigenvalue weighted by molar-refractivity contribution is 5.91. The molecule has 8 nitrogen and oxygen atoms in total. The number of ether oxygens (including phenoxy) is 2. The minimum absolute atomic E-state index is 0.199. The van der Waals surface area contributed by atoms with Crippen molar-refractivity contribution in [2.45, 2.75) is 65.6 Å². The van der Waals surface area contributed by atoms with Crippen LogP contribution >= 0.6 is 0 Å². The normalized spacial score (nSPS) is 13.5. The smallest absolute Gasteiger partial charge is 0.408 e. The molecule has 176 valence electrons. The molecule has 1 heterocycles. The van der Waals surface area contributed by atoms with Crippen LogP contribution in [-0.2, 0) is 32.5 Å². The van der Waals surface area contributed by atoms with Gasteiger partial charge in [-0.15, -0.1) is 0 Å². The maximum atomic E-state index is 13.1. The van der Waals surface area contributed by atoms with Crippen LogP contribution in [0.5, 0.6) is 0 Å². The molecule has 1 aromatic carbocycles. The molecule has 0 unspecified atom stereocenters. The lowest BCUT2D eigenvalue weighted by molar-refractivity contribution is -0.147. The lowest BCUT2D eigenvalue weighted by atomic mass is 10.0. The zero-order valence-corrected chi connectivity index (χ0v) is 20.0. The van der Waals surface area contributed by atoms with E-state index in [1.165, 1.54) is 0 Å². The van der Waals surface area contributed by atoms with Crippen molar-refractivity contribution in [3.8, 4) is 0 Å². The zero-order valence-electron chi connectivity index (χ0n) is 20.0. The van der Waals surface area contributed by atoms with Gasteiger partial charge in [-0.05, 0) is 45.2 Å². The topological polar surface area (TPSA) is 98.7 Å². The van der Waals surface area contributed by atoms with E-state index in [-0.39, 0.29) is 18.9 Å². The first kappa shape index (κ1) is 25.2. The maximum absolute atomic E-state index is 13.1. The molecule has 0 saturated carbocycles. The number of rotatable bonds is 8. The maximum Gasteiger partial charge on any atom is 0.408 e. The van der Waals surface area contributed by atoms with E-state index in [0.29, 0.717) is 0 Å². The lowest BCUT2D eigenvalue weighted by Gasteiger charge is -2.26. The van der Waals surface area contributed by atoms with E-state index >= 15 is 0 Å². The first-order valence-electron chi connectivity index (χ1n) is 10.9. The molecule has 8 heteroatoms. The van der Waals surface area contributed by atoms with Crippen molar-refractivity contribution in [3.05, 3.63) is 36.0 Å². The fourth-order valence-electron chi connectivity index (χ4n) is 3.48. The molecule has 0 bridgehead atoms. The molecule has 0 saturated heterocycles. The number of fused-ring (bicyclic) bond motifs is 1. The minimum atomic E-state index is -0.894. The Morgan fingerprint density at radius 3 is 2.34 bits per heavy atom. The Balaban J connectivity index is 2.23. The van der Waals surface area contributed by atoms with Gasteiger partial charge in [-0.2, -0.15) is 0 Å². The number of carbonyl (C=O) groups excluding carboxylic acids is 3. The second-order valence-corrected chi connectivity index (χ2v) is 9.17. The van der Waals surface area contributed by atoms with Crippen LogP contribution in [0.25, 0.3) is 10.9 Å². The summed E-state index contributed by atoms with van der Waals surface area (Å²) in [5.41, 5.74) is 1.26. The highest BCUT2D eigenvalue weighted by Gasteiger charge is 2.31. The number of hydrogen-bond donors (Lipinski definition) is 2. The number of benzene rings is 1. The van der Waals surface area contributed by atoms with Crippen molar-refractivity contribution in [3.63, 3.8) is 0 Å². The fraction of sp³-hybridized carbons (Fsp3) is 0.542. The quantitative estimate of drug-likeness (QED) is 0.608. The van der Waals surface area contributed by atoms with Crippen molar-refractivity contribution in [1.82, 2.24) is 15.2 Å². The first-order valence-corrected chi connectivity index (χ1v) is 10.9. The molecule has 2 amide bonds. The number of alkyl carbamates (subject to hydrolysis) is 1. The van der Waals surface area contributed by atoms with E-state index in [1.54, 1.807) is 27.7 Å². The Labute approximate surface area is 189 Å². The van der Waals surface area contributed by atoms with Crippen molar-refractivity contribution in [2.75, 3.05) is 6.61 Å². The van der Waals surface area contributed by atoms with Gasteiger partial charge in [0.15, 0.2) is 0 Å². The summed E-state index contributed by atoms with van der Waals surface area (Å²) in [6.07, 6.45) is 1.53. The number of carbonyl (C=O) groups is 3. The number of aryl methyl sites for hydroxylation is 1. The van der Waals surface area contributed by atoms with E-state index in [1.807, 2.05) is 55.9 Å². The third-order valence-electron chi connectivity index (χ3n) is 4.91. The van der Waals surface area contributed by atoms with Crippen LogP contribution in [0.3, 0.4) is 0 Å². The molecule has 2 aromatic rings. The fourth-order valence-corrected chi connectivity index (χ4v) is 3.48. The number of aromatic nitrogens is 1. The predicted molar refractivity (Wildman–Crippen MR) is 123 cm³/mol. The summed E-state index contributed by atoms with van der Waals surface area (Å²) in [7, 11) is 1.93. The van der Waals surface area contributed by atoms with E-state index in [0.717, 1.165) is 16.5 Å². The lowest BCUT2D eigenvalue weighted by Crippen LogP contribution is -2.55. The molecule has 2 atom stereocenters. The van der Waals surface area contributed by atoms with Crippen LogP contribution in [0, 0.1) is 5.92 Å². The van der Waals surface area contributed by atoms with Gasteiger partial charge in [-0.25, -0.2) is 9.59 Å². The Morgan fingerprint density at radius 2 is 1.75 bits per heavy atom. The van der Waals surface area contributed by atoms with Crippen LogP contribution in [0.4, 0.5) is 4.79 Å². The van der Waals surface area contributed by atoms with Gasteiger partial charge in [0, 0.05) is 30.6 Å². The second kappa shape index (κ2) is 10.5. The third kappa shape index (κ3) is 6.73. The summed E-state index contributed by atoms with van der Waals surface area (Å²) in [5.74, 6) is -1.21. The summed E-state index contributed by atoms with van der Waals surface area (Å²) in [4.78, 5) is 38.0. The molecule has 1 aromatic heterocycles. The number of amides is 2. The molecule has 0 aliphatic rings. The molecule has 2 rings (SSSR count). The van der Waals surface area contributed by atoms with Gasteiger partial charge in [-0.1, -0.05) is 32.0 Å². The molecular weight excluding hydrogens is 410 g/mol. The molecule has 0 radical (unpaired) electrons. The molecule has 0 aliphatic carbocycles. The predicted octanol–water partition coefficient (Wildman–Crippen LogP) is 3.32. The summed E-state index contributed by atoms with van der Waals surface area (Å²) >= 11 is 0. The summed E-state index contributed by atoms with van der Waals surface area (Å²) in [6.45, 7) is 10.8. The first-order chi connectivity index (χ1) is 14.9. The van der Waals surface area contributed by atoms with Crippen LogP contribution in [0.1, 0.15) is 47.1 Å². The number of nitrogens with zero attached hydrogens (tertiary/aromatic N) is 1. The standard InChI is InChI=1S/C24H35N3O5/c1-8-31-22(29)18(13-16-14-27(7)19-12-10-9-11-17(16)19)25-21(28)20(15(2)3)26-23(30)32-24(4,5)6/h9-12,14-15,18,20H,8,13H2,1-7H3,(H,25,28)(H,26,30)/t18-,20+/m1/s1. The van der Waals surface area contributed by atoms with E-state index < -0.39 is 35.7 Å². The number of para-hydroxylation sites is 1. The Morgan fingerprint density at radius 1 is 1.09 bits per heavy atom. The van der Waals surface area contributed by atoms with E-state index in [4.69, 9.17) is 9.47 Å². The molecule has 0 fully saturated rings. The second-order valence-electron chi connectivity index (χ2n) is 9.17. The Hall–Kier alpha value is -3.03. The highest BCUT2D eigenvalue weighted by Crippen LogP contribution is 2.22. The Bertz CT molecular complexity index is 958. The average Bonchev–Trinajstić information content (AvgIpc) is 3.00. The van der Waals surface area contributed by atoms with Gasteiger partial charge < -0.3 is 24.7 Å². The molecule has 32 heavy (non-hydrogen) atoms. The molecular formula is C24H35N3O5. The van der Waals surface area contributed by atoms with Gasteiger partial charge in [-0.3, -0.25) is 4.79 Å². The Kier molecular flexibility index (Phi) is 8.30. The largest absolute Gasteiger partial charge is 0.464 e. The van der Waals surface area contributed by atoms with Gasteiger partial charge >= 0.3 is 12.1 Å².